The van der Waals surface area contributed by atoms with Crippen molar-refractivity contribution >= 4 is 17.2 Å². The van der Waals surface area contributed by atoms with Gasteiger partial charge in [-0.25, -0.2) is 0 Å². The zero-order valence-corrected chi connectivity index (χ0v) is 11.6. The molecule has 1 aromatic rings. The number of hydrogen-bond acceptors (Lipinski definition) is 3. The van der Waals surface area contributed by atoms with E-state index in [9.17, 15) is 4.79 Å². The molecule has 2 aliphatic rings. The van der Waals surface area contributed by atoms with Gasteiger partial charge >= 0.3 is 0 Å². The van der Waals surface area contributed by atoms with E-state index in [1.54, 1.807) is 0 Å². The van der Waals surface area contributed by atoms with E-state index >= 15 is 0 Å². The summed E-state index contributed by atoms with van der Waals surface area (Å²) < 4.78 is 0. The number of carbonyl (C=O) groups excluding carboxylic acids is 1. The van der Waals surface area contributed by atoms with Crippen molar-refractivity contribution in [2.75, 3.05) is 13.2 Å². The highest BCUT2D eigenvalue weighted by Gasteiger charge is 2.41. The lowest BCUT2D eigenvalue weighted by Crippen LogP contribution is -2.37. The molecule has 2 bridgehead atoms. The fraction of sp³-hybridized carbons (Fsp3) is 0.533. The van der Waals surface area contributed by atoms with Gasteiger partial charge in [-0.2, -0.15) is 0 Å². The van der Waals surface area contributed by atoms with Crippen LogP contribution in [0.2, 0.25) is 0 Å². The first kappa shape index (κ1) is 12.7. The Hall–Kier alpha value is -1.31. The third-order valence-corrected chi connectivity index (χ3v) is 4.89. The van der Waals surface area contributed by atoms with Crippen LogP contribution < -0.4 is 0 Å². The number of likely N-dealkylation sites (tertiary alicyclic amines) is 1. The molecule has 1 saturated carbocycles. The molecule has 0 radical (unpaired) electrons. The summed E-state index contributed by atoms with van der Waals surface area (Å²) in [6.07, 6.45) is 4.08. The predicted molar refractivity (Wildman–Crippen MR) is 75.1 cm³/mol. The van der Waals surface area contributed by atoms with Crippen molar-refractivity contribution in [2.24, 2.45) is 5.92 Å². The van der Waals surface area contributed by atoms with Crippen molar-refractivity contribution in [2.45, 2.75) is 31.7 Å². The molecule has 1 amide bonds. The predicted octanol–water partition coefficient (Wildman–Crippen LogP) is 2.11. The van der Waals surface area contributed by atoms with Gasteiger partial charge in [0.25, 0.3) is 5.91 Å². The van der Waals surface area contributed by atoms with Crippen molar-refractivity contribution in [1.82, 2.24) is 4.90 Å². The van der Waals surface area contributed by atoms with Crippen LogP contribution in [0.5, 0.6) is 0 Å². The minimum absolute atomic E-state index is 0.0658. The van der Waals surface area contributed by atoms with Crippen LogP contribution in [0.1, 0.15) is 40.9 Å². The number of carbonyl (C=O) groups is 1. The Bertz CT molecular complexity index is 540. The van der Waals surface area contributed by atoms with Gasteiger partial charge in [0.05, 0.1) is 6.61 Å². The van der Waals surface area contributed by atoms with E-state index in [4.69, 9.17) is 5.11 Å². The van der Waals surface area contributed by atoms with E-state index in [0.29, 0.717) is 12.5 Å². The van der Waals surface area contributed by atoms with Gasteiger partial charge in [0, 0.05) is 24.6 Å². The lowest BCUT2D eigenvalue weighted by atomic mass is 10.1. The maximum absolute atomic E-state index is 12.6. The van der Waals surface area contributed by atoms with E-state index in [1.165, 1.54) is 24.2 Å². The van der Waals surface area contributed by atoms with Crippen LogP contribution >= 0.6 is 11.3 Å². The molecule has 2 unspecified atom stereocenters. The number of amides is 1. The number of hydrogen-bond donors (Lipinski definition) is 1. The Labute approximate surface area is 117 Å². The lowest BCUT2D eigenvalue weighted by molar-refractivity contribution is 0.0708. The molecule has 4 heteroatoms. The minimum Gasteiger partial charge on any atom is -0.395 e. The second kappa shape index (κ2) is 5.36. The Morgan fingerprint density at radius 1 is 1.53 bits per heavy atom. The van der Waals surface area contributed by atoms with Gasteiger partial charge in [-0.15, -0.1) is 11.3 Å². The topological polar surface area (TPSA) is 40.5 Å². The summed E-state index contributed by atoms with van der Waals surface area (Å²) in [5, 5.41) is 10.7. The molecule has 1 saturated heterocycles. The number of aliphatic hydroxyl groups is 1. The first-order valence-electron chi connectivity index (χ1n) is 6.78. The quantitative estimate of drug-likeness (QED) is 0.840. The first-order valence-corrected chi connectivity index (χ1v) is 7.65. The lowest BCUT2D eigenvalue weighted by Gasteiger charge is -2.26. The van der Waals surface area contributed by atoms with Crippen LogP contribution in [-0.2, 0) is 0 Å². The van der Waals surface area contributed by atoms with Crippen molar-refractivity contribution in [3.8, 4) is 11.8 Å². The van der Waals surface area contributed by atoms with Gasteiger partial charge in [0.2, 0.25) is 0 Å². The number of aliphatic hydroxyl groups excluding tert-OH is 1. The monoisotopic (exact) mass is 275 g/mol. The molecular weight excluding hydrogens is 258 g/mol. The highest BCUT2D eigenvalue weighted by atomic mass is 32.1. The summed E-state index contributed by atoms with van der Waals surface area (Å²) in [5.74, 6) is 6.76. The van der Waals surface area contributed by atoms with Crippen molar-refractivity contribution < 1.29 is 9.90 Å². The summed E-state index contributed by atoms with van der Waals surface area (Å²) in [7, 11) is 0. The summed E-state index contributed by atoms with van der Waals surface area (Å²) >= 11 is 1.47. The Balaban J connectivity index is 1.77. The third kappa shape index (κ3) is 2.41. The minimum atomic E-state index is 0.0658. The van der Waals surface area contributed by atoms with E-state index in [1.807, 2.05) is 16.3 Å². The Morgan fingerprint density at radius 3 is 3.11 bits per heavy atom. The molecule has 1 aliphatic heterocycles. The molecule has 100 valence electrons. The molecular formula is C15H17NO2S. The second-order valence-electron chi connectivity index (χ2n) is 5.23. The number of nitrogens with zero attached hydrogens (tertiary/aromatic N) is 1. The molecule has 3 nitrogen and oxygen atoms in total. The van der Waals surface area contributed by atoms with Gasteiger partial charge in [0.1, 0.15) is 4.88 Å². The highest BCUT2D eigenvalue weighted by molar-refractivity contribution is 7.12. The van der Waals surface area contributed by atoms with Gasteiger partial charge < -0.3 is 10.0 Å². The Kier molecular flexibility index (Phi) is 3.58. The fourth-order valence-corrected chi connectivity index (χ4v) is 3.90. The van der Waals surface area contributed by atoms with Crippen LogP contribution in [0.4, 0.5) is 0 Å². The van der Waals surface area contributed by atoms with Crippen molar-refractivity contribution in [3.05, 3.63) is 21.9 Å². The second-order valence-corrected chi connectivity index (χ2v) is 6.15. The van der Waals surface area contributed by atoms with Crippen molar-refractivity contribution in [3.63, 3.8) is 0 Å². The highest BCUT2D eigenvalue weighted by Crippen LogP contribution is 2.38. The molecule has 19 heavy (non-hydrogen) atoms. The summed E-state index contributed by atoms with van der Waals surface area (Å²) in [6.45, 7) is 0.987. The number of fused-ring (bicyclic) bond motifs is 2. The van der Waals surface area contributed by atoms with Gasteiger partial charge in [-0.05, 0) is 36.6 Å². The van der Waals surface area contributed by atoms with E-state index in [-0.39, 0.29) is 12.5 Å². The third-order valence-electron chi connectivity index (χ3n) is 3.99. The zero-order valence-electron chi connectivity index (χ0n) is 10.8. The molecule has 3 rings (SSSR count). The Morgan fingerprint density at radius 2 is 2.42 bits per heavy atom. The molecule has 2 heterocycles. The number of rotatable bonds is 2. The summed E-state index contributed by atoms with van der Waals surface area (Å²) in [6, 6.07) is 2.36. The average Bonchev–Trinajstić information content (AvgIpc) is 3.14. The molecule has 1 N–H and O–H groups in total. The van der Waals surface area contributed by atoms with Gasteiger partial charge in [0.15, 0.2) is 0 Å². The van der Waals surface area contributed by atoms with Crippen LogP contribution in [0.15, 0.2) is 11.4 Å². The van der Waals surface area contributed by atoms with Crippen LogP contribution in [-0.4, -0.2) is 35.1 Å². The standard InChI is InChI=1S/C15H17NO2S/c17-7-2-1-3-12-6-8-19-14(12)15(18)16-10-11-4-5-13(16)9-11/h6,8,11,13,17H,2,4-5,7,9-10H2. The van der Waals surface area contributed by atoms with E-state index in [2.05, 4.69) is 11.8 Å². The molecule has 2 atom stereocenters. The molecule has 1 aliphatic carbocycles. The SMILES string of the molecule is O=C(c1sccc1C#CCCO)N1CC2CCC1C2. The van der Waals surface area contributed by atoms with Crippen LogP contribution in [0.25, 0.3) is 0 Å². The number of thiophene rings is 1. The van der Waals surface area contributed by atoms with Crippen LogP contribution in [0, 0.1) is 17.8 Å². The van der Waals surface area contributed by atoms with Crippen molar-refractivity contribution in [1.29, 1.82) is 0 Å². The molecule has 2 fully saturated rings. The molecule has 0 spiro atoms. The van der Waals surface area contributed by atoms with Gasteiger partial charge in [-0.1, -0.05) is 11.8 Å². The van der Waals surface area contributed by atoms with Gasteiger partial charge in [-0.3, -0.25) is 4.79 Å². The molecule has 0 aromatic carbocycles. The van der Waals surface area contributed by atoms with Crippen LogP contribution in [0.3, 0.4) is 0 Å². The van der Waals surface area contributed by atoms with E-state index < -0.39 is 0 Å². The summed E-state index contributed by atoms with van der Waals surface area (Å²) in [4.78, 5) is 15.4. The summed E-state index contributed by atoms with van der Waals surface area (Å²) in [5.41, 5.74) is 0.811. The normalized spacial score (nSPS) is 24.4. The zero-order chi connectivity index (χ0) is 13.2. The van der Waals surface area contributed by atoms with E-state index in [0.717, 1.165) is 29.3 Å². The smallest absolute Gasteiger partial charge is 0.265 e. The number of piperidine rings is 1. The first-order chi connectivity index (χ1) is 9.29. The molecule has 1 aromatic heterocycles. The largest absolute Gasteiger partial charge is 0.395 e. The maximum atomic E-state index is 12.6. The average molecular weight is 275 g/mol. The fourth-order valence-electron chi connectivity index (χ4n) is 3.09. The maximum Gasteiger partial charge on any atom is 0.265 e.